The molecule has 0 fully saturated rings. The van der Waals surface area contributed by atoms with Gasteiger partial charge in [0.25, 0.3) is 0 Å². The van der Waals surface area contributed by atoms with Crippen LogP contribution in [0.1, 0.15) is 25.3 Å². The number of H-pyrrole nitrogens is 1. The lowest BCUT2D eigenvalue weighted by atomic mass is 10.1. The van der Waals surface area contributed by atoms with Crippen LogP contribution in [0.2, 0.25) is 0 Å². The Balaban J connectivity index is 1.83. The Hall–Kier alpha value is -2.55. The van der Waals surface area contributed by atoms with Crippen LogP contribution in [0.5, 0.6) is 0 Å². The molecule has 0 saturated heterocycles. The van der Waals surface area contributed by atoms with Gasteiger partial charge in [-0.1, -0.05) is 49.7 Å². The number of rotatable bonds is 6. The van der Waals surface area contributed by atoms with Crippen LogP contribution in [0.3, 0.4) is 0 Å². The van der Waals surface area contributed by atoms with Crippen molar-refractivity contribution in [3.05, 3.63) is 66.4 Å². The maximum Gasteiger partial charge on any atom is 0.231 e. The van der Waals surface area contributed by atoms with E-state index in [-0.39, 0.29) is 5.91 Å². The van der Waals surface area contributed by atoms with Gasteiger partial charge in [0.15, 0.2) is 0 Å². The summed E-state index contributed by atoms with van der Waals surface area (Å²) in [6, 6.07) is 18.1. The smallest absolute Gasteiger partial charge is 0.231 e. The second-order valence-corrected chi connectivity index (χ2v) is 5.77. The van der Waals surface area contributed by atoms with Gasteiger partial charge in [0, 0.05) is 29.3 Å². The Kier molecular flexibility index (Phi) is 4.77. The minimum absolute atomic E-state index is 0.148. The summed E-state index contributed by atoms with van der Waals surface area (Å²) >= 11 is 0. The number of aromatic amines is 1. The van der Waals surface area contributed by atoms with Crippen molar-refractivity contribution in [2.24, 2.45) is 0 Å². The van der Waals surface area contributed by atoms with Gasteiger partial charge >= 0.3 is 0 Å². The summed E-state index contributed by atoms with van der Waals surface area (Å²) in [5.74, 6) is 0.148. The van der Waals surface area contributed by atoms with Crippen molar-refractivity contribution < 1.29 is 4.79 Å². The molecule has 1 aromatic heterocycles. The van der Waals surface area contributed by atoms with Crippen molar-refractivity contribution in [3.8, 4) is 0 Å². The molecule has 3 aromatic rings. The Morgan fingerprint density at radius 2 is 1.78 bits per heavy atom. The minimum atomic E-state index is 0.148. The van der Waals surface area contributed by atoms with E-state index in [2.05, 4.69) is 18.0 Å². The van der Waals surface area contributed by atoms with Crippen LogP contribution < -0.4 is 4.90 Å². The predicted molar refractivity (Wildman–Crippen MR) is 95.7 cm³/mol. The molecular formula is C20H22N2O. The van der Waals surface area contributed by atoms with E-state index in [0.29, 0.717) is 6.42 Å². The maximum atomic E-state index is 12.9. The summed E-state index contributed by atoms with van der Waals surface area (Å²) in [4.78, 5) is 18.0. The van der Waals surface area contributed by atoms with Crippen LogP contribution in [0, 0.1) is 0 Å². The normalized spacial score (nSPS) is 10.8. The highest BCUT2D eigenvalue weighted by atomic mass is 16.2. The first-order valence-electron chi connectivity index (χ1n) is 8.20. The first kappa shape index (κ1) is 15.3. The summed E-state index contributed by atoms with van der Waals surface area (Å²) in [5, 5.41) is 1.13. The van der Waals surface area contributed by atoms with Gasteiger partial charge in [-0.15, -0.1) is 0 Å². The Labute approximate surface area is 136 Å². The number of amides is 1. The number of para-hydroxylation sites is 2. The summed E-state index contributed by atoms with van der Waals surface area (Å²) in [6.45, 7) is 2.91. The molecule has 3 nitrogen and oxygen atoms in total. The van der Waals surface area contributed by atoms with E-state index in [4.69, 9.17) is 0 Å². The minimum Gasteiger partial charge on any atom is -0.361 e. The number of benzene rings is 2. The molecule has 1 amide bonds. The summed E-state index contributed by atoms with van der Waals surface area (Å²) in [7, 11) is 0. The quantitative estimate of drug-likeness (QED) is 0.713. The fraction of sp³-hybridized carbons (Fsp3) is 0.250. The van der Waals surface area contributed by atoms with Crippen LogP contribution in [0.4, 0.5) is 5.69 Å². The second-order valence-electron chi connectivity index (χ2n) is 5.77. The van der Waals surface area contributed by atoms with Crippen molar-refractivity contribution >= 4 is 22.5 Å². The van der Waals surface area contributed by atoms with E-state index < -0.39 is 0 Å². The van der Waals surface area contributed by atoms with Gasteiger partial charge in [-0.3, -0.25) is 4.79 Å². The zero-order valence-corrected chi connectivity index (χ0v) is 13.5. The molecule has 0 unspecified atom stereocenters. The lowest BCUT2D eigenvalue weighted by Gasteiger charge is -2.22. The second kappa shape index (κ2) is 7.14. The molecule has 0 aliphatic heterocycles. The Morgan fingerprint density at radius 1 is 1.04 bits per heavy atom. The predicted octanol–water partition coefficient (Wildman–Crippen LogP) is 4.54. The first-order chi connectivity index (χ1) is 11.3. The molecule has 0 bridgehead atoms. The van der Waals surface area contributed by atoms with Crippen LogP contribution >= 0.6 is 0 Å². The number of nitrogens with zero attached hydrogens (tertiary/aromatic N) is 1. The summed E-state index contributed by atoms with van der Waals surface area (Å²) in [6.07, 6.45) is 4.45. The molecule has 1 N–H and O–H groups in total. The molecular weight excluding hydrogens is 284 g/mol. The third kappa shape index (κ3) is 3.45. The standard InChI is InChI=1S/C20H22N2O/c1-2-3-13-22(17-9-5-4-6-10-17)20(23)14-16-15-21-19-12-8-7-11-18(16)19/h4-12,15,21H,2-3,13-14H2,1H3. The van der Waals surface area contributed by atoms with E-state index in [0.717, 1.165) is 41.5 Å². The molecule has 23 heavy (non-hydrogen) atoms. The van der Waals surface area contributed by atoms with Crippen molar-refractivity contribution in [1.82, 2.24) is 4.98 Å². The van der Waals surface area contributed by atoms with Gasteiger partial charge in [0.1, 0.15) is 0 Å². The lowest BCUT2D eigenvalue weighted by molar-refractivity contribution is -0.118. The van der Waals surface area contributed by atoms with Gasteiger partial charge in [0.05, 0.1) is 6.42 Å². The number of carbonyl (C=O) groups is 1. The van der Waals surface area contributed by atoms with E-state index >= 15 is 0 Å². The summed E-state index contributed by atoms with van der Waals surface area (Å²) < 4.78 is 0. The van der Waals surface area contributed by atoms with E-state index in [1.54, 1.807) is 0 Å². The number of fused-ring (bicyclic) bond motifs is 1. The third-order valence-electron chi connectivity index (χ3n) is 4.12. The van der Waals surface area contributed by atoms with Gasteiger partial charge in [-0.2, -0.15) is 0 Å². The highest BCUT2D eigenvalue weighted by Gasteiger charge is 2.17. The number of anilines is 1. The number of hydrogen-bond acceptors (Lipinski definition) is 1. The van der Waals surface area contributed by atoms with Crippen molar-refractivity contribution in [1.29, 1.82) is 0 Å². The topological polar surface area (TPSA) is 36.1 Å². The van der Waals surface area contributed by atoms with Crippen molar-refractivity contribution in [2.75, 3.05) is 11.4 Å². The number of nitrogens with one attached hydrogen (secondary N) is 1. The molecule has 3 heteroatoms. The highest BCUT2D eigenvalue weighted by molar-refractivity contribution is 5.97. The summed E-state index contributed by atoms with van der Waals surface area (Å²) in [5.41, 5.74) is 3.11. The van der Waals surface area contributed by atoms with E-state index in [1.807, 2.05) is 59.6 Å². The van der Waals surface area contributed by atoms with Gasteiger partial charge in [-0.05, 0) is 30.2 Å². The molecule has 3 rings (SSSR count). The third-order valence-corrected chi connectivity index (χ3v) is 4.12. The number of hydrogen-bond donors (Lipinski definition) is 1. The average Bonchev–Trinajstić information content (AvgIpc) is 2.99. The van der Waals surface area contributed by atoms with Crippen LogP contribution in [0.25, 0.3) is 10.9 Å². The zero-order valence-electron chi connectivity index (χ0n) is 13.5. The van der Waals surface area contributed by atoms with Crippen molar-refractivity contribution in [2.45, 2.75) is 26.2 Å². The number of carbonyl (C=O) groups excluding carboxylic acids is 1. The SMILES string of the molecule is CCCCN(C(=O)Cc1c[nH]c2ccccc12)c1ccccc1. The van der Waals surface area contributed by atoms with Crippen LogP contribution in [0.15, 0.2) is 60.8 Å². The largest absolute Gasteiger partial charge is 0.361 e. The molecule has 118 valence electrons. The number of unbranched alkanes of at least 4 members (excludes halogenated alkanes) is 1. The lowest BCUT2D eigenvalue weighted by Crippen LogP contribution is -2.33. The zero-order chi connectivity index (χ0) is 16.1. The fourth-order valence-corrected chi connectivity index (χ4v) is 2.86. The van der Waals surface area contributed by atoms with Gasteiger partial charge in [0.2, 0.25) is 5.91 Å². The van der Waals surface area contributed by atoms with Gasteiger partial charge < -0.3 is 9.88 Å². The fourth-order valence-electron chi connectivity index (χ4n) is 2.86. The Morgan fingerprint density at radius 3 is 2.57 bits per heavy atom. The highest BCUT2D eigenvalue weighted by Crippen LogP contribution is 2.21. The molecule has 0 aliphatic rings. The van der Waals surface area contributed by atoms with E-state index in [1.165, 1.54) is 0 Å². The van der Waals surface area contributed by atoms with Crippen molar-refractivity contribution in [3.63, 3.8) is 0 Å². The number of aromatic nitrogens is 1. The molecule has 1 heterocycles. The van der Waals surface area contributed by atoms with E-state index in [9.17, 15) is 4.79 Å². The average molecular weight is 306 g/mol. The molecule has 0 radical (unpaired) electrons. The molecule has 0 aliphatic carbocycles. The molecule has 0 spiro atoms. The van der Waals surface area contributed by atoms with Crippen LogP contribution in [-0.4, -0.2) is 17.4 Å². The monoisotopic (exact) mass is 306 g/mol. The molecule has 2 aromatic carbocycles. The first-order valence-corrected chi connectivity index (χ1v) is 8.20. The molecule has 0 atom stereocenters. The maximum absolute atomic E-state index is 12.9. The molecule has 0 saturated carbocycles. The Bertz CT molecular complexity index is 776. The van der Waals surface area contributed by atoms with Crippen LogP contribution in [-0.2, 0) is 11.2 Å². The van der Waals surface area contributed by atoms with Gasteiger partial charge in [-0.25, -0.2) is 0 Å².